The number of nitrogens with zero attached hydrogens (tertiary/aromatic N) is 5. The van der Waals surface area contributed by atoms with E-state index < -0.39 is 17.9 Å². The van der Waals surface area contributed by atoms with Gasteiger partial charge in [0.2, 0.25) is 0 Å². The molecule has 1 N–H and O–H groups in total. The first-order chi connectivity index (χ1) is 18.5. The molecule has 2 amide bonds. The topological polar surface area (TPSA) is 109 Å². The van der Waals surface area contributed by atoms with E-state index in [2.05, 4.69) is 20.3 Å². The maximum atomic E-state index is 13.5. The van der Waals surface area contributed by atoms with E-state index >= 15 is 0 Å². The highest BCUT2D eigenvalue weighted by molar-refractivity contribution is 6.47. The van der Waals surface area contributed by atoms with Gasteiger partial charge < -0.3 is 4.90 Å². The molecular weight excluding hydrogens is 480 g/mol. The molecule has 184 valence electrons. The van der Waals surface area contributed by atoms with Gasteiger partial charge in [0.1, 0.15) is 11.7 Å². The number of imide groups is 1. The van der Waals surface area contributed by atoms with Crippen LogP contribution in [0.1, 0.15) is 32.9 Å². The Morgan fingerprint density at radius 2 is 1.84 bits per heavy atom. The van der Waals surface area contributed by atoms with Gasteiger partial charge in [0.25, 0.3) is 11.8 Å². The van der Waals surface area contributed by atoms with Crippen molar-refractivity contribution >= 4 is 40.2 Å². The van der Waals surface area contributed by atoms with Crippen LogP contribution in [0.15, 0.2) is 90.1 Å². The number of anilines is 1. The molecule has 0 bridgehead atoms. The fourth-order valence-electron chi connectivity index (χ4n) is 5.41. The van der Waals surface area contributed by atoms with Crippen LogP contribution >= 0.6 is 0 Å². The first-order valence-corrected chi connectivity index (χ1v) is 12.2. The van der Waals surface area contributed by atoms with E-state index in [1.807, 2.05) is 54.3 Å². The number of carbonyl (C=O) groups is 3. The van der Waals surface area contributed by atoms with Crippen molar-refractivity contribution in [2.24, 2.45) is 4.99 Å². The van der Waals surface area contributed by atoms with Gasteiger partial charge in [0, 0.05) is 48.0 Å². The minimum atomic E-state index is -0.523. The quantitative estimate of drug-likeness (QED) is 0.341. The maximum absolute atomic E-state index is 13.5. The molecule has 0 radical (unpaired) electrons. The fourth-order valence-corrected chi connectivity index (χ4v) is 5.41. The number of imidazole rings is 1. The average molecular weight is 501 g/mol. The van der Waals surface area contributed by atoms with Gasteiger partial charge >= 0.3 is 0 Å². The minimum absolute atomic E-state index is 0.0489. The van der Waals surface area contributed by atoms with Crippen molar-refractivity contribution in [3.8, 4) is 0 Å². The van der Waals surface area contributed by atoms with Crippen LogP contribution in [0.25, 0.3) is 11.2 Å². The molecule has 1 unspecified atom stereocenters. The van der Waals surface area contributed by atoms with Gasteiger partial charge in [-0.1, -0.05) is 24.3 Å². The number of hydrogen-bond donors (Lipinski definition) is 1. The van der Waals surface area contributed by atoms with Crippen molar-refractivity contribution in [1.82, 2.24) is 19.7 Å². The number of pyridine rings is 2. The lowest BCUT2D eigenvalue weighted by atomic mass is 9.94. The lowest BCUT2D eigenvalue weighted by Crippen LogP contribution is -2.35. The van der Waals surface area contributed by atoms with E-state index in [4.69, 9.17) is 0 Å². The number of ketones is 1. The van der Waals surface area contributed by atoms with Gasteiger partial charge in [0.15, 0.2) is 5.78 Å². The Hall–Kier alpha value is -5.18. The van der Waals surface area contributed by atoms with Crippen molar-refractivity contribution in [1.29, 1.82) is 0 Å². The fraction of sp³-hybridized carbons (Fsp3) is 0.103. The third-order valence-corrected chi connectivity index (χ3v) is 7.15. The number of Topliss-reactive ketones (excluding diaryl/α,β-unsaturated/α-hetero) is 1. The third kappa shape index (κ3) is 3.18. The van der Waals surface area contributed by atoms with Crippen LogP contribution in [0.5, 0.6) is 0 Å². The van der Waals surface area contributed by atoms with Crippen LogP contribution in [0.4, 0.5) is 5.69 Å². The summed E-state index contributed by atoms with van der Waals surface area (Å²) in [5.41, 5.74) is 5.73. The van der Waals surface area contributed by atoms with E-state index in [1.165, 1.54) is 0 Å². The van der Waals surface area contributed by atoms with Crippen LogP contribution in [0.2, 0.25) is 0 Å². The second-order valence-electron chi connectivity index (χ2n) is 9.37. The maximum Gasteiger partial charge on any atom is 0.261 e. The van der Waals surface area contributed by atoms with Crippen molar-refractivity contribution < 1.29 is 14.4 Å². The lowest BCUT2D eigenvalue weighted by molar-refractivity contribution is -0.123. The highest BCUT2D eigenvalue weighted by Crippen LogP contribution is 2.40. The van der Waals surface area contributed by atoms with E-state index in [0.717, 1.165) is 16.9 Å². The minimum Gasteiger partial charge on any atom is -0.334 e. The number of rotatable bonds is 4. The first-order valence-electron chi connectivity index (χ1n) is 12.2. The van der Waals surface area contributed by atoms with E-state index in [1.54, 1.807) is 41.5 Å². The average Bonchev–Trinajstić information content (AvgIpc) is 3.55. The molecule has 6 heterocycles. The van der Waals surface area contributed by atoms with E-state index in [0.29, 0.717) is 34.6 Å². The number of carbonyl (C=O) groups excluding carboxylic acids is 3. The molecular formula is C29H20N6O3. The number of aliphatic imine (C=N–C) groups is 1. The van der Waals surface area contributed by atoms with Gasteiger partial charge in [-0.15, -0.1) is 0 Å². The Morgan fingerprint density at radius 1 is 0.974 bits per heavy atom. The molecule has 0 spiro atoms. The zero-order chi connectivity index (χ0) is 26.0. The molecule has 3 aliphatic heterocycles. The molecule has 7 rings (SSSR count). The normalized spacial score (nSPS) is 18.1. The van der Waals surface area contributed by atoms with E-state index in [9.17, 15) is 14.4 Å². The Bertz CT molecular complexity index is 1790. The van der Waals surface area contributed by atoms with Gasteiger partial charge in [-0.3, -0.25) is 34.1 Å². The summed E-state index contributed by atoms with van der Waals surface area (Å²) in [5, 5.41) is 2.44. The number of aromatic nitrogens is 3. The highest BCUT2D eigenvalue weighted by atomic mass is 16.2. The zero-order valence-electron chi connectivity index (χ0n) is 20.3. The summed E-state index contributed by atoms with van der Waals surface area (Å²) < 4.78 is 1.77. The molecule has 9 heteroatoms. The van der Waals surface area contributed by atoms with Gasteiger partial charge in [0.05, 0.1) is 34.4 Å². The molecule has 38 heavy (non-hydrogen) atoms. The second kappa shape index (κ2) is 8.17. The number of fused-ring (bicyclic) bond motifs is 1. The van der Waals surface area contributed by atoms with Gasteiger partial charge in [-0.05, 0) is 36.8 Å². The molecule has 9 nitrogen and oxygen atoms in total. The second-order valence-corrected chi connectivity index (χ2v) is 9.37. The van der Waals surface area contributed by atoms with Crippen LogP contribution < -0.4 is 10.2 Å². The summed E-state index contributed by atoms with van der Waals surface area (Å²) in [6, 6.07) is 14.4. The van der Waals surface area contributed by atoms with Crippen LogP contribution in [-0.2, 0) is 16.0 Å². The molecule has 0 saturated carbocycles. The molecule has 1 atom stereocenters. The Labute approximate surface area is 216 Å². The molecule has 3 aromatic heterocycles. The SMILES string of the molecule is Cc1ccc(C(=O)C2Cc3cccc4c3N2C=CN=C4C2=C(c3cnc4ccccn34)C(=O)NC2=O)cn1. The Kier molecular flexibility index (Phi) is 4.74. The van der Waals surface area contributed by atoms with Crippen molar-refractivity contribution in [3.63, 3.8) is 0 Å². The van der Waals surface area contributed by atoms with Gasteiger partial charge in [-0.25, -0.2) is 4.98 Å². The number of amides is 2. The molecule has 1 aromatic carbocycles. The number of nitrogens with one attached hydrogen (secondary N) is 1. The number of hydrogen-bond acceptors (Lipinski definition) is 7. The largest absolute Gasteiger partial charge is 0.334 e. The highest BCUT2D eigenvalue weighted by Gasteiger charge is 2.41. The van der Waals surface area contributed by atoms with Crippen molar-refractivity contribution in [2.45, 2.75) is 19.4 Å². The summed E-state index contributed by atoms with van der Waals surface area (Å²) >= 11 is 0. The Morgan fingerprint density at radius 3 is 2.68 bits per heavy atom. The van der Waals surface area contributed by atoms with Crippen LogP contribution in [0.3, 0.4) is 0 Å². The smallest absolute Gasteiger partial charge is 0.261 e. The number of aryl methyl sites for hydroxylation is 1. The van der Waals surface area contributed by atoms with Crippen LogP contribution in [-0.4, -0.2) is 43.7 Å². The monoisotopic (exact) mass is 500 g/mol. The predicted octanol–water partition coefficient (Wildman–Crippen LogP) is 3.04. The summed E-state index contributed by atoms with van der Waals surface area (Å²) in [6.45, 7) is 1.88. The molecule has 3 aliphatic rings. The third-order valence-electron chi connectivity index (χ3n) is 7.15. The molecule has 0 fully saturated rings. The predicted molar refractivity (Wildman–Crippen MR) is 141 cm³/mol. The lowest BCUT2D eigenvalue weighted by Gasteiger charge is -2.23. The number of para-hydroxylation sites is 1. The molecule has 0 saturated heterocycles. The molecule has 4 aromatic rings. The Balaban J connectivity index is 1.37. The van der Waals surface area contributed by atoms with Crippen LogP contribution in [0, 0.1) is 6.92 Å². The first kappa shape index (κ1) is 22.1. The number of benzene rings is 1. The summed E-state index contributed by atoms with van der Waals surface area (Å²) in [7, 11) is 0. The summed E-state index contributed by atoms with van der Waals surface area (Å²) in [6.07, 6.45) is 8.82. The van der Waals surface area contributed by atoms with Crippen molar-refractivity contribution in [3.05, 3.63) is 113 Å². The van der Waals surface area contributed by atoms with Gasteiger partial charge in [-0.2, -0.15) is 0 Å². The molecule has 0 aliphatic carbocycles. The summed E-state index contributed by atoms with van der Waals surface area (Å²) in [4.78, 5) is 55.1. The van der Waals surface area contributed by atoms with Crippen molar-refractivity contribution in [2.75, 3.05) is 4.90 Å². The summed E-state index contributed by atoms with van der Waals surface area (Å²) in [5.74, 6) is -1.08. The zero-order valence-corrected chi connectivity index (χ0v) is 20.3. The van der Waals surface area contributed by atoms with E-state index in [-0.39, 0.29) is 16.9 Å². The standard InChI is InChI=1S/C29H20N6O3/c1-16-8-9-18(14-31-16)27(36)20-13-17-5-4-6-19-25(30-10-12-35(20)26(17)19)24-23(28(37)33-29(24)38)21-15-32-22-7-2-3-11-34(21)22/h2-12,14-15,20H,13H2,1H3,(H,33,37,38).